The summed E-state index contributed by atoms with van der Waals surface area (Å²) in [6.07, 6.45) is 17.9. The zero-order valence-corrected chi connectivity index (χ0v) is 12.2. The Morgan fingerprint density at radius 1 is 0.722 bits per heavy atom. The first-order valence-corrected chi connectivity index (χ1v) is 7.96. The van der Waals surface area contributed by atoms with Crippen LogP contribution in [0.25, 0.3) is 0 Å². The molecule has 0 radical (unpaired) electrons. The van der Waals surface area contributed by atoms with E-state index in [2.05, 4.69) is 13.0 Å². The molecule has 0 aromatic rings. The Bertz CT molecular complexity index is 252. The molecule has 0 saturated heterocycles. The van der Waals surface area contributed by atoms with Crippen LogP contribution in [0.3, 0.4) is 0 Å². The molecule has 0 saturated carbocycles. The van der Waals surface area contributed by atoms with Gasteiger partial charge < -0.3 is 0 Å². The van der Waals surface area contributed by atoms with E-state index in [1.807, 2.05) is 0 Å². The average Bonchev–Trinajstić information content (AvgIpc) is 2.35. The predicted octanol–water partition coefficient (Wildman–Crippen LogP) is 5.59. The van der Waals surface area contributed by atoms with Gasteiger partial charge in [-0.3, -0.25) is 4.79 Å². The summed E-state index contributed by atoms with van der Waals surface area (Å²) in [6.45, 7) is 2.28. The lowest BCUT2D eigenvalue weighted by atomic mass is 10.0. The van der Waals surface area contributed by atoms with E-state index in [4.69, 9.17) is 0 Å². The van der Waals surface area contributed by atoms with Gasteiger partial charge in [-0.15, -0.1) is 0 Å². The summed E-state index contributed by atoms with van der Waals surface area (Å²) >= 11 is 0. The van der Waals surface area contributed by atoms with Crippen LogP contribution < -0.4 is 0 Å². The summed E-state index contributed by atoms with van der Waals surface area (Å²) in [5.41, 5.74) is 1.58. The van der Waals surface area contributed by atoms with Crippen LogP contribution in [0.15, 0.2) is 11.6 Å². The number of Topliss-reactive ketones (excluding diaryl/α,β-unsaturated/α-hetero) is 1. The Morgan fingerprint density at radius 2 is 1.22 bits per heavy atom. The first-order chi connectivity index (χ1) is 8.79. The summed E-state index contributed by atoms with van der Waals surface area (Å²) in [5, 5.41) is 0. The normalized spacial score (nSPS) is 25.4. The van der Waals surface area contributed by atoms with E-state index in [0.717, 1.165) is 25.7 Å². The minimum absolute atomic E-state index is 0.498. The molecule has 1 nitrogen and oxygen atoms in total. The lowest BCUT2D eigenvalue weighted by Crippen LogP contribution is -1.97. The van der Waals surface area contributed by atoms with Crippen LogP contribution in [0.2, 0.25) is 0 Å². The lowest BCUT2D eigenvalue weighted by Gasteiger charge is -2.05. The summed E-state index contributed by atoms with van der Waals surface area (Å²) < 4.78 is 0. The van der Waals surface area contributed by atoms with Crippen molar-refractivity contribution in [1.29, 1.82) is 0 Å². The van der Waals surface area contributed by atoms with Crippen molar-refractivity contribution in [3.63, 3.8) is 0 Å². The van der Waals surface area contributed by atoms with Crippen LogP contribution in [0.4, 0.5) is 0 Å². The lowest BCUT2D eigenvalue weighted by molar-refractivity contribution is -0.119. The Labute approximate surface area is 113 Å². The molecule has 0 aromatic carbocycles. The molecular weight excluding hydrogens is 220 g/mol. The summed E-state index contributed by atoms with van der Waals surface area (Å²) in [4.78, 5) is 11.6. The molecule has 1 heteroatoms. The van der Waals surface area contributed by atoms with Crippen LogP contribution in [-0.2, 0) is 4.79 Å². The van der Waals surface area contributed by atoms with Gasteiger partial charge in [0.1, 0.15) is 5.78 Å². The van der Waals surface area contributed by atoms with Gasteiger partial charge in [0, 0.05) is 12.8 Å². The zero-order valence-electron chi connectivity index (χ0n) is 12.2. The molecule has 0 atom stereocenters. The van der Waals surface area contributed by atoms with Gasteiger partial charge in [-0.1, -0.05) is 43.8 Å². The molecule has 0 amide bonds. The minimum atomic E-state index is 0.498. The molecule has 104 valence electrons. The van der Waals surface area contributed by atoms with Crippen molar-refractivity contribution in [1.82, 2.24) is 0 Å². The van der Waals surface area contributed by atoms with E-state index >= 15 is 0 Å². The van der Waals surface area contributed by atoms with Crippen molar-refractivity contribution in [3.05, 3.63) is 11.6 Å². The summed E-state index contributed by atoms with van der Waals surface area (Å²) in [7, 11) is 0. The number of allylic oxidation sites excluding steroid dienone is 2. The molecule has 1 aliphatic carbocycles. The van der Waals surface area contributed by atoms with Gasteiger partial charge in [-0.25, -0.2) is 0 Å². The summed E-state index contributed by atoms with van der Waals surface area (Å²) in [5.74, 6) is 0.498. The number of carbonyl (C=O) groups excluding carboxylic acids is 1. The zero-order chi connectivity index (χ0) is 13.1. The van der Waals surface area contributed by atoms with Crippen molar-refractivity contribution < 1.29 is 4.79 Å². The highest BCUT2D eigenvalue weighted by atomic mass is 16.1. The van der Waals surface area contributed by atoms with E-state index in [0.29, 0.717) is 5.78 Å². The number of carbonyl (C=O) groups is 1. The van der Waals surface area contributed by atoms with Crippen molar-refractivity contribution >= 4 is 5.78 Å². The van der Waals surface area contributed by atoms with Crippen molar-refractivity contribution in [3.8, 4) is 0 Å². The number of hydrogen-bond donors (Lipinski definition) is 0. The fraction of sp³-hybridized carbons (Fsp3) is 0.824. The van der Waals surface area contributed by atoms with E-state index in [-0.39, 0.29) is 0 Å². The molecule has 18 heavy (non-hydrogen) atoms. The van der Waals surface area contributed by atoms with Crippen LogP contribution in [0.5, 0.6) is 0 Å². The second-order valence-electron chi connectivity index (χ2n) is 5.81. The van der Waals surface area contributed by atoms with Gasteiger partial charge in [0.15, 0.2) is 0 Å². The van der Waals surface area contributed by atoms with Crippen LogP contribution >= 0.6 is 0 Å². The van der Waals surface area contributed by atoms with E-state index in [1.165, 1.54) is 57.8 Å². The first kappa shape index (κ1) is 15.5. The highest BCUT2D eigenvalue weighted by Crippen LogP contribution is 2.15. The molecule has 0 unspecified atom stereocenters. The van der Waals surface area contributed by atoms with E-state index < -0.39 is 0 Å². The highest BCUT2D eigenvalue weighted by molar-refractivity contribution is 5.78. The molecule has 0 spiro atoms. The fourth-order valence-corrected chi connectivity index (χ4v) is 2.65. The molecule has 0 bridgehead atoms. The smallest absolute Gasteiger partial charge is 0.132 e. The SMILES string of the molecule is C/C1=C\CCCCCCC(=O)CCCCCCC1. The topological polar surface area (TPSA) is 17.1 Å². The van der Waals surface area contributed by atoms with Crippen molar-refractivity contribution in [2.75, 3.05) is 0 Å². The van der Waals surface area contributed by atoms with Gasteiger partial charge >= 0.3 is 0 Å². The molecule has 0 aromatic heterocycles. The largest absolute Gasteiger partial charge is 0.300 e. The molecule has 0 heterocycles. The Morgan fingerprint density at radius 3 is 1.89 bits per heavy atom. The maximum absolute atomic E-state index is 11.6. The molecular formula is C17H30O. The third-order valence-electron chi connectivity index (χ3n) is 3.93. The maximum Gasteiger partial charge on any atom is 0.132 e. The highest BCUT2D eigenvalue weighted by Gasteiger charge is 2.02. The quantitative estimate of drug-likeness (QED) is 0.512. The van der Waals surface area contributed by atoms with Gasteiger partial charge in [0.25, 0.3) is 0 Å². The number of hydrogen-bond acceptors (Lipinski definition) is 1. The Hall–Kier alpha value is -0.590. The molecule has 1 aliphatic rings. The van der Waals surface area contributed by atoms with E-state index in [9.17, 15) is 4.79 Å². The van der Waals surface area contributed by atoms with Crippen molar-refractivity contribution in [2.24, 2.45) is 0 Å². The molecule has 0 N–H and O–H groups in total. The second kappa shape index (κ2) is 10.3. The van der Waals surface area contributed by atoms with Gasteiger partial charge in [-0.2, -0.15) is 0 Å². The number of ketones is 1. The van der Waals surface area contributed by atoms with Crippen molar-refractivity contribution in [2.45, 2.75) is 90.4 Å². The fourth-order valence-electron chi connectivity index (χ4n) is 2.65. The van der Waals surface area contributed by atoms with Crippen LogP contribution in [0.1, 0.15) is 90.4 Å². The van der Waals surface area contributed by atoms with Crippen LogP contribution in [-0.4, -0.2) is 5.78 Å². The Kier molecular flexibility index (Phi) is 8.89. The molecule has 1 rings (SSSR count). The Balaban J connectivity index is 2.26. The first-order valence-electron chi connectivity index (χ1n) is 7.96. The predicted molar refractivity (Wildman–Crippen MR) is 78.8 cm³/mol. The van der Waals surface area contributed by atoms with Gasteiger partial charge in [-0.05, 0) is 45.4 Å². The third kappa shape index (κ3) is 8.49. The summed E-state index contributed by atoms with van der Waals surface area (Å²) in [6, 6.07) is 0. The number of rotatable bonds is 0. The van der Waals surface area contributed by atoms with E-state index in [1.54, 1.807) is 5.57 Å². The van der Waals surface area contributed by atoms with Crippen LogP contribution in [0, 0.1) is 0 Å². The standard InChI is InChI=1S/C17H30O/c1-16-12-8-4-2-6-10-14-17(18)15-11-7-3-5-9-13-16/h12H,2-11,13-15H2,1H3/b16-12+. The molecule has 0 fully saturated rings. The maximum atomic E-state index is 11.6. The van der Waals surface area contributed by atoms with Gasteiger partial charge in [0.05, 0.1) is 0 Å². The average molecular weight is 250 g/mol. The minimum Gasteiger partial charge on any atom is -0.300 e. The van der Waals surface area contributed by atoms with Gasteiger partial charge in [0.2, 0.25) is 0 Å². The third-order valence-corrected chi connectivity index (χ3v) is 3.93. The molecule has 0 aliphatic heterocycles. The second-order valence-corrected chi connectivity index (χ2v) is 5.81. The monoisotopic (exact) mass is 250 g/mol.